The summed E-state index contributed by atoms with van der Waals surface area (Å²) >= 11 is 0. The summed E-state index contributed by atoms with van der Waals surface area (Å²) in [6.45, 7) is 4.40. The molecule has 2 rings (SSSR count). The van der Waals surface area contributed by atoms with E-state index in [1.54, 1.807) is 7.11 Å². The van der Waals surface area contributed by atoms with E-state index >= 15 is 0 Å². The molecule has 1 amide bonds. The fraction of sp³-hybridized carbons (Fsp3) is 0.562. The first-order chi connectivity index (χ1) is 9.46. The van der Waals surface area contributed by atoms with Gasteiger partial charge in [0.05, 0.1) is 12.0 Å². The molecule has 1 fully saturated rings. The molecule has 2 N–H and O–H groups in total. The van der Waals surface area contributed by atoms with Gasteiger partial charge < -0.3 is 15.4 Å². The lowest BCUT2D eigenvalue weighted by Gasteiger charge is -2.28. The zero-order valence-electron chi connectivity index (χ0n) is 12.6. The molecule has 0 radical (unpaired) electrons. The number of rotatable bonds is 6. The lowest BCUT2D eigenvalue weighted by molar-refractivity contribution is -0.123. The molecule has 0 atom stereocenters. The van der Waals surface area contributed by atoms with Gasteiger partial charge in [-0.1, -0.05) is 12.1 Å². The highest BCUT2D eigenvalue weighted by Gasteiger charge is 2.35. The van der Waals surface area contributed by atoms with Gasteiger partial charge in [-0.25, -0.2) is 0 Å². The van der Waals surface area contributed by atoms with Gasteiger partial charge >= 0.3 is 0 Å². The Morgan fingerprint density at radius 1 is 1.35 bits per heavy atom. The van der Waals surface area contributed by atoms with Gasteiger partial charge in [0, 0.05) is 25.4 Å². The maximum atomic E-state index is 12.6. The third-order valence-electron chi connectivity index (χ3n) is 3.76. The molecule has 0 heterocycles. The van der Waals surface area contributed by atoms with Crippen LogP contribution in [0.3, 0.4) is 0 Å². The van der Waals surface area contributed by atoms with E-state index in [-0.39, 0.29) is 5.91 Å². The predicted octanol–water partition coefficient (Wildman–Crippen LogP) is 2.46. The number of carbonyl (C=O) groups excluding carboxylic acids is 1. The van der Waals surface area contributed by atoms with Crippen molar-refractivity contribution in [2.45, 2.75) is 51.3 Å². The summed E-state index contributed by atoms with van der Waals surface area (Å²) in [5, 5.41) is 0. The van der Waals surface area contributed by atoms with Crippen molar-refractivity contribution in [2.75, 3.05) is 12.0 Å². The first kappa shape index (κ1) is 15.0. The number of hydrogen-bond acceptors (Lipinski definition) is 3. The van der Waals surface area contributed by atoms with Crippen LogP contribution in [0.5, 0.6) is 0 Å². The third-order valence-corrected chi connectivity index (χ3v) is 3.76. The smallest absolute Gasteiger partial charge is 0.230 e. The molecule has 20 heavy (non-hydrogen) atoms. The van der Waals surface area contributed by atoms with Crippen molar-refractivity contribution in [1.29, 1.82) is 0 Å². The molecule has 1 aromatic carbocycles. The molecule has 1 saturated carbocycles. The Morgan fingerprint density at radius 2 is 1.95 bits per heavy atom. The summed E-state index contributed by atoms with van der Waals surface area (Å²) in [7, 11) is 1.64. The molecule has 0 bridgehead atoms. The van der Waals surface area contributed by atoms with E-state index < -0.39 is 5.60 Å². The van der Waals surface area contributed by atoms with Gasteiger partial charge in [0.15, 0.2) is 0 Å². The number of benzene rings is 1. The van der Waals surface area contributed by atoms with Crippen molar-refractivity contribution < 1.29 is 9.53 Å². The summed E-state index contributed by atoms with van der Waals surface area (Å²) in [5.41, 5.74) is 7.22. The maximum Gasteiger partial charge on any atom is 0.230 e. The Morgan fingerprint density at radius 3 is 2.40 bits per heavy atom. The zero-order valence-corrected chi connectivity index (χ0v) is 12.6. The van der Waals surface area contributed by atoms with Gasteiger partial charge in [-0.3, -0.25) is 4.79 Å². The quantitative estimate of drug-likeness (QED) is 0.868. The second-order valence-electron chi connectivity index (χ2n) is 6.01. The topological polar surface area (TPSA) is 55.6 Å². The molecule has 0 unspecified atom stereocenters. The standard InChI is InChI=1S/C16H24N2O2/c1-16(2,20-3)10-15(19)18(14-8-9-14)13-6-4-12(11-17)5-7-13/h4-7,14H,8-11,17H2,1-3H3. The van der Waals surface area contributed by atoms with Crippen LogP contribution < -0.4 is 10.6 Å². The minimum absolute atomic E-state index is 0.125. The van der Waals surface area contributed by atoms with Crippen molar-refractivity contribution in [3.63, 3.8) is 0 Å². The summed E-state index contributed by atoms with van der Waals surface area (Å²) in [5.74, 6) is 0.125. The number of hydrogen-bond donors (Lipinski definition) is 1. The number of carbonyl (C=O) groups is 1. The largest absolute Gasteiger partial charge is 0.378 e. The zero-order chi connectivity index (χ0) is 14.8. The van der Waals surface area contributed by atoms with Gasteiger partial charge in [-0.15, -0.1) is 0 Å². The van der Waals surface area contributed by atoms with Gasteiger partial charge in [0.1, 0.15) is 0 Å². The molecule has 0 aliphatic heterocycles. The van der Waals surface area contributed by atoms with Gasteiger partial charge in [0.2, 0.25) is 5.91 Å². The maximum absolute atomic E-state index is 12.6. The van der Waals surface area contributed by atoms with Crippen molar-refractivity contribution in [2.24, 2.45) is 5.73 Å². The van der Waals surface area contributed by atoms with Gasteiger partial charge in [-0.05, 0) is 44.4 Å². The van der Waals surface area contributed by atoms with Crippen LogP contribution in [0.25, 0.3) is 0 Å². The van der Waals surface area contributed by atoms with Crippen molar-refractivity contribution in [1.82, 2.24) is 0 Å². The predicted molar refractivity (Wildman–Crippen MR) is 80.5 cm³/mol. The van der Waals surface area contributed by atoms with E-state index in [2.05, 4.69) is 0 Å². The lowest BCUT2D eigenvalue weighted by Crippen LogP contribution is -2.38. The summed E-state index contributed by atoms with van der Waals surface area (Å²) in [6.07, 6.45) is 2.55. The number of ether oxygens (including phenoxy) is 1. The van der Waals surface area contributed by atoms with E-state index in [1.807, 2.05) is 43.0 Å². The van der Waals surface area contributed by atoms with E-state index in [0.717, 1.165) is 24.1 Å². The Balaban J connectivity index is 2.16. The summed E-state index contributed by atoms with van der Waals surface area (Å²) < 4.78 is 5.37. The second-order valence-corrected chi connectivity index (χ2v) is 6.01. The number of nitrogens with two attached hydrogens (primary N) is 1. The average Bonchev–Trinajstić information content (AvgIpc) is 3.24. The van der Waals surface area contributed by atoms with Gasteiger partial charge in [0.25, 0.3) is 0 Å². The monoisotopic (exact) mass is 276 g/mol. The van der Waals surface area contributed by atoms with Crippen LogP contribution in [-0.4, -0.2) is 24.7 Å². The minimum atomic E-state index is -0.429. The van der Waals surface area contributed by atoms with Crippen molar-refractivity contribution in [3.8, 4) is 0 Å². The molecule has 4 nitrogen and oxygen atoms in total. The minimum Gasteiger partial charge on any atom is -0.378 e. The van der Waals surface area contributed by atoms with Crippen LogP contribution in [-0.2, 0) is 16.1 Å². The molecule has 4 heteroatoms. The number of anilines is 1. The second kappa shape index (κ2) is 5.94. The molecule has 110 valence electrons. The van der Waals surface area contributed by atoms with E-state index in [4.69, 9.17) is 10.5 Å². The number of methoxy groups -OCH3 is 1. The van der Waals surface area contributed by atoms with Crippen molar-refractivity contribution in [3.05, 3.63) is 29.8 Å². The number of amides is 1. The van der Waals surface area contributed by atoms with Crippen molar-refractivity contribution >= 4 is 11.6 Å². The van der Waals surface area contributed by atoms with Crippen LogP contribution in [0.4, 0.5) is 5.69 Å². The molecule has 0 aromatic heterocycles. The SMILES string of the molecule is COC(C)(C)CC(=O)N(c1ccc(CN)cc1)C1CC1. The van der Waals surface area contributed by atoms with Crippen LogP contribution in [0.2, 0.25) is 0 Å². The molecular formula is C16H24N2O2. The molecule has 1 aromatic rings. The summed E-state index contributed by atoms with van der Waals surface area (Å²) in [4.78, 5) is 14.5. The highest BCUT2D eigenvalue weighted by molar-refractivity contribution is 5.95. The normalized spacial score (nSPS) is 15.2. The Kier molecular flexibility index (Phi) is 4.45. The average molecular weight is 276 g/mol. The van der Waals surface area contributed by atoms with Crippen LogP contribution in [0.15, 0.2) is 24.3 Å². The fourth-order valence-electron chi connectivity index (χ4n) is 2.21. The van der Waals surface area contributed by atoms with E-state index in [0.29, 0.717) is 19.0 Å². The third kappa shape index (κ3) is 3.58. The molecule has 0 spiro atoms. The first-order valence-corrected chi connectivity index (χ1v) is 7.13. The highest BCUT2D eigenvalue weighted by atomic mass is 16.5. The number of nitrogens with zero attached hydrogens (tertiary/aromatic N) is 1. The van der Waals surface area contributed by atoms with Crippen LogP contribution >= 0.6 is 0 Å². The lowest BCUT2D eigenvalue weighted by atomic mass is 10.0. The van der Waals surface area contributed by atoms with Gasteiger partial charge in [-0.2, -0.15) is 0 Å². The Hall–Kier alpha value is -1.39. The molecule has 0 saturated heterocycles. The molecular weight excluding hydrogens is 252 g/mol. The van der Waals surface area contributed by atoms with E-state index in [1.165, 1.54) is 0 Å². The first-order valence-electron chi connectivity index (χ1n) is 7.13. The Bertz CT molecular complexity index is 464. The summed E-state index contributed by atoms with van der Waals surface area (Å²) in [6, 6.07) is 8.29. The van der Waals surface area contributed by atoms with E-state index in [9.17, 15) is 4.79 Å². The fourth-order valence-corrected chi connectivity index (χ4v) is 2.21. The van der Waals surface area contributed by atoms with Crippen LogP contribution in [0, 0.1) is 0 Å². The Labute approximate surface area is 120 Å². The van der Waals surface area contributed by atoms with Crippen LogP contribution in [0.1, 0.15) is 38.7 Å². The highest BCUT2D eigenvalue weighted by Crippen LogP contribution is 2.33. The molecule has 1 aliphatic rings. The molecule has 1 aliphatic carbocycles.